The Bertz CT molecular complexity index is 460. The standard InChI is InChI=1S/C11H13N3O/c1-2-10(14-5-7-15-8-6-14)13-11-9(1)3-4-12-11/h1-4H,5-8H2,(H,12,13). The molecule has 1 fully saturated rings. The van der Waals surface area contributed by atoms with E-state index in [-0.39, 0.29) is 0 Å². The maximum atomic E-state index is 5.32. The van der Waals surface area contributed by atoms with E-state index in [1.165, 1.54) is 0 Å². The molecule has 0 aliphatic carbocycles. The summed E-state index contributed by atoms with van der Waals surface area (Å²) in [4.78, 5) is 9.96. The van der Waals surface area contributed by atoms with E-state index in [9.17, 15) is 0 Å². The Kier molecular flexibility index (Phi) is 2.07. The number of rotatable bonds is 1. The largest absolute Gasteiger partial charge is 0.378 e. The van der Waals surface area contributed by atoms with Crippen LogP contribution >= 0.6 is 0 Å². The molecule has 1 aliphatic heterocycles. The topological polar surface area (TPSA) is 41.1 Å². The first-order valence-corrected chi connectivity index (χ1v) is 5.20. The molecule has 2 aromatic heterocycles. The highest BCUT2D eigenvalue weighted by Crippen LogP contribution is 2.17. The number of H-pyrrole nitrogens is 1. The minimum atomic E-state index is 0.796. The summed E-state index contributed by atoms with van der Waals surface area (Å²) in [5.74, 6) is 1.04. The number of nitrogens with one attached hydrogen (secondary N) is 1. The number of hydrogen-bond donors (Lipinski definition) is 1. The van der Waals surface area contributed by atoms with Crippen LogP contribution < -0.4 is 4.90 Å². The third-order valence-electron chi connectivity index (χ3n) is 2.73. The molecule has 0 unspecified atom stereocenters. The van der Waals surface area contributed by atoms with Crippen LogP contribution in [0.1, 0.15) is 0 Å². The van der Waals surface area contributed by atoms with E-state index in [1.54, 1.807) is 0 Å². The molecular weight excluding hydrogens is 190 g/mol. The fourth-order valence-electron chi connectivity index (χ4n) is 1.89. The number of ether oxygens (including phenoxy) is 1. The predicted octanol–water partition coefficient (Wildman–Crippen LogP) is 1.40. The number of aromatic amines is 1. The van der Waals surface area contributed by atoms with Gasteiger partial charge in [0.15, 0.2) is 0 Å². The van der Waals surface area contributed by atoms with E-state index >= 15 is 0 Å². The van der Waals surface area contributed by atoms with Crippen LogP contribution in [0.4, 0.5) is 5.82 Å². The third-order valence-corrected chi connectivity index (χ3v) is 2.73. The van der Waals surface area contributed by atoms with Crippen molar-refractivity contribution in [3.05, 3.63) is 24.4 Å². The van der Waals surface area contributed by atoms with Crippen LogP contribution in [-0.2, 0) is 4.74 Å². The van der Waals surface area contributed by atoms with E-state index in [2.05, 4.69) is 27.0 Å². The Morgan fingerprint density at radius 3 is 2.93 bits per heavy atom. The van der Waals surface area contributed by atoms with Crippen LogP contribution in [-0.4, -0.2) is 36.3 Å². The SMILES string of the molecule is c1cc2ccc(N3CCOCC3)nc2[nH]1. The summed E-state index contributed by atoms with van der Waals surface area (Å²) in [7, 11) is 0. The van der Waals surface area contributed by atoms with Crippen LogP contribution in [0.15, 0.2) is 24.4 Å². The first-order valence-electron chi connectivity index (χ1n) is 5.20. The molecule has 4 heteroatoms. The van der Waals surface area contributed by atoms with E-state index < -0.39 is 0 Å². The second kappa shape index (κ2) is 3.55. The monoisotopic (exact) mass is 203 g/mol. The second-order valence-electron chi connectivity index (χ2n) is 3.68. The highest BCUT2D eigenvalue weighted by atomic mass is 16.5. The Morgan fingerprint density at radius 2 is 2.07 bits per heavy atom. The van der Waals surface area contributed by atoms with Crippen LogP contribution in [0.3, 0.4) is 0 Å². The average molecular weight is 203 g/mol. The van der Waals surface area contributed by atoms with Crippen molar-refractivity contribution >= 4 is 16.9 Å². The molecule has 1 aliphatic rings. The fourth-order valence-corrected chi connectivity index (χ4v) is 1.89. The van der Waals surface area contributed by atoms with Crippen molar-refractivity contribution in [2.75, 3.05) is 31.2 Å². The lowest BCUT2D eigenvalue weighted by atomic mass is 10.3. The Hall–Kier alpha value is -1.55. The van der Waals surface area contributed by atoms with Gasteiger partial charge < -0.3 is 14.6 Å². The molecule has 0 amide bonds. The van der Waals surface area contributed by atoms with Crippen molar-refractivity contribution < 1.29 is 4.74 Å². The van der Waals surface area contributed by atoms with Gasteiger partial charge in [-0.2, -0.15) is 0 Å². The molecule has 0 spiro atoms. The average Bonchev–Trinajstić information content (AvgIpc) is 2.77. The molecule has 1 saturated heterocycles. The zero-order valence-corrected chi connectivity index (χ0v) is 8.44. The third kappa shape index (κ3) is 1.57. The van der Waals surface area contributed by atoms with Gasteiger partial charge in [-0.25, -0.2) is 4.98 Å². The van der Waals surface area contributed by atoms with Gasteiger partial charge in [0, 0.05) is 24.7 Å². The maximum Gasteiger partial charge on any atom is 0.139 e. The number of morpholine rings is 1. The Balaban J connectivity index is 1.95. The van der Waals surface area contributed by atoms with E-state index in [0.717, 1.165) is 43.2 Å². The molecule has 78 valence electrons. The molecule has 2 aromatic rings. The molecule has 15 heavy (non-hydrogen) atoms. The van der Waals surface area contributed by atoms with Gasteiger partial charge in [0.1, 0.15) is 11.5 Å². The highest BCUT2D eigenvalue weighted by Gasteiger charge is 2.12. The van der Waals surface area contributed by atoms with Crippen LogP contribution in [0, 0.1) is 0 Å². The normalized spacial score (nSPS) is 17.2. The van der Waals surface area contributed by atoms with E-state index in [0.29, 0.717) is 0 Å². The summed E-state index contributed by atoms with van der Waals surface area (Å²) in [6.45, 7) is 3.45. The molecule has 3 heterocycles. The van der Waals surface area contributed by atoms with Gasteiger partial charge >= 0.3 is 0 Å². The maximum absolute atomic E-state index is 5.32. The van der Waals surface area contributed by atoms with Crippen molar-refractivity contribution in [1.82, 2.24) is 9.97 Å². The molecule has 3 rings (SSSR count). The van der Waals surface area contributed by atoms with E-state index in [1.807, 2.05) is 12.3 Å². The lowest BCUT2D eigenvalue weighted by Crippen LogP contribution is -2.36. The lowest BCUT2D eigenvalue weighted by Gasteiger charge is -2.27. The lowest BCUT2D eigenvalue weighted by molar-refractivity contribution is 0.122. The quantitative estimate of drug-likeness (QED) is 0.761. The molecule has 4 nitrogen and oxygen atoms in total. The molecule has 0 aromatic carbocycles. The Labute approximate surface area is 87.9 Å². The van der Waals surface area contributed by atoms with Gasteiger partial charge in [-0.05, 0) is 18.2 Å². The van der Waals surface area contributed by atoms with Crippen molar-refractivity contribution in [2.45, 2.75) is 0 Å². The molecule has 0 saturated carbocycles. The first kappa shape index (κ1) is 8.73. The number of fused-ring (bicyclic) bond motifs is 1. The summed E-state index contributed by atoms with van der Waals surface area (Å²) in [6.07, 6.45) is 1.92. The molecular formula is C11H13N3O. The smallest absolute Gasteiger partial charge is 0.139 e. The number of anilines is 1. The second-order valence-corrected chi connectivity index (χ2v) is 3.68. The Morgan fingerprint density at radius 1 is 1.20 bits per heavy atom. The summed E-state index contributed by atoms with van der Waals surface area (Å²) in [5, 5.41) is 1.16. The predicted molar refractivity (Wildman–Crippen MR) is 59.1 cm³/mol. The van der Waals surface area contributed by atoms with Crippen LogP contribution in [0.5, 0.6) is 0 Å². The van der Waals surface area contributed by atoms with Gasteiger partial charge in [0.25, 0.3) is 0 Å². The van der Waals surface area contributed by atoms with Gasteiger partial charge in [-0.1, -0.05) is 0 Å². The summed E-state index contributed by atoms with van der Waals surface area (Å²) >= 11 is 0. The van der Waals surface area contributed by atoms with E-state index in [4.69, 9.17) is 4.74 Å². The number of nitrogens with zero attached hydrogens (tertiary/aromatic N) is 2. The van der Waals surface area contributed by atoms with Crippen molar-refractivity contribution in [3.63, 3.8) is 0 Å². The molecule has 1 N–H and O–H groups in total. The number of hydrogen-bond acceptors (Lipinski definition) is 3. The summed E-state index contributed by atoms with van der Waals surface area (Å²) in [6, 6.07) is 6.20. The number of pyridine rings is 1. The minimum Gasteiger partial charge on any atom is -0.378 e. The van der Waals surface area contributed by atoms with Gasteiger partial charge in [-0.3, -0.25) is 0 Å². The van der Waals surface area contributed by atoms with Gasteiger partial charge in [0.05, 0.1) is 13.2 Å². The molecule has 0 bridgehead atoms. The number of aromatic nitrogens is 2. The zero-order valence-electron chi connectivity index (χ0n) is 8.44. The molecule has 0 atom stereocenters. The first-order chi connectivity index (χ1) is 7.43. The summed E-state index contributed by atoms with van der Waals surface area (Å²) < 4.78 is 5.32. The van der Waals surface area contributed by atoms with Gasteiger partial charge in [0.2, 0.25) is 0 Å². The highest BCUT2D eigenvalue weighted by molar-refractivity contribution is 5.77. The molecule has 0 radical (unpaired) electrons. The van der Waals surface area contributed by atoms with Crippen LogP contribution in [0.2, 0.25) is 0 Å². The van der Waals surface area contributed by atoms with Gasteiger partial charge in [-0.15, -0.1) is 0 Å². The van der Waals surface area contributed by atoms with Crippen molar-refractivity contribution in [1.29, 1.82) is 0 Å². The minimum absolute atomic E-state index is 0.796. The fraction of sp³-hybridized carbons (Fsp3) is 0.364. The zero-order chi connectivity index (χ0) is 10.1. The summed E-state index contributed by atoms with van der Waals surface area (Å²) in [5.41, 5.74) is 0.957. The van der Waals surface area contributed by atoms with Crippen molar-refractivity contribution in [3.8, 4) is 0 Å². The van der Waals surface area contributed by atoms with Crippen molar-refractivity contribution in [2.24, 2.45) is 0 Å². The van der Waals surface area contributed by atoms with Crippen LogP contribution in [0.25, 0.3) is 11.0 Å².